The third kappa shape index (κ3) is 6.42. The summed E-state index contributed by atoms with van der Waals surface area (Å²) in [4.78, 5) is 37.1. The second kappa shape index (κ2) is 10.1. The van der Waals surface area contributed by atoms with Gasteiger partial charge >= 0.3 is 0 Å². The number of carbonyl (C=O) groups is 3. The Morgan fingerprint density at radius 1 is 1.29 bits per heavy atom. The van der Waals surface area contributed by atoms with Crippen LogP contribution in [0.5, 0.6) is 0 Å². The lowest BCUT2D eigenvalue weighted by molar-refractivity contribution is -0.128. The Labute approximate surface area is 178 Å². The molecule has 31 heavy (non-hydrogen) atoms. The van der Waals surface area contributed by atoms with Crippen LogP contribution in [0.2, 0.25) is 0 Å². The van der Waals surface area contributed by atoms with Gasteiger partial charge in [0.2, 0.25) is 17.7 Å². The molecule has 4 atom stereocenters. The molecule has 2 saturated heterocycles. The van der Waals surface area contributed by atoms with Crippen molar-refractivity contribution in [3.8, 4) is 0 Å². The quantitative estimate of drug-likeness (QED) is 0.326. The van der Waals surface area contributed by atoms with Crippen molar-refractivity contribution >= 4 is 17.7 Å². The molecule has 0 radical (unpaired) electrons. The Kier molecular flexibility index (Phi) is 7.52. The number of benzene rings is 1. The first-order valence-electron chi connectivity index (χ1n) is 10.2. The summed E-state index contributed by atoms with van der Waals surface area (Å²) in [6.45, 7) is 1.58. The Hall–Kier alpha value is -2.63. The Morgan fingerprint density at radius 2 is 2.00 bits per heavy atom. The zero-order valence-corrected chi connectivity index (χ0v) is 16.9. The lowest BCUT2D eigenvalue weighted by Crippen LogP contribution is -2.62. The number of aliphatic hydroxyl groups is 1. The van der Waals surface area contributed by atoms with E-state index in [4.69, 9.17) is 5.73 Å². The molecule has 2 fully saturated rings. The van der Waals surface area contributed by atoms with Crippen LogP contribution in [-0.4, -0.2) is 78.6 Å². The molecule has 1 aromatic carbocycles. The highest BCUT2D eigenvalue weighted by atomic mass is 19.1. The molecular formula is C20H27F2N5O4. The van der Waals surface area contributed by atoms with Crippen molar-refractivity contribution in [2.24, 2.45) is 11.7 Å². The van der Waals surface area contributed by atoms with E-state index in [1.807, 2.05) is 0 Å². The lowest BCUT2D eigenvalue weighted by Gasteiger charge is -2.38. The van der Waals surface area contributed by atoms with Gasteiger partial charge in [0.15, 0.2) is 0 Å². The van der Waals surface area contributed by atoms with E-state index in [-0.39, 0.29) is 37.4 Å². The van der Waals surface area contributed by atoms with Gasteiger partial charge in [0.1, 0.15) is 11.6 Å². The van der Waals surface area contributed by atoms with Crippen LogP contribution in [0.4, 0.5) is 8.78 Å². The van der Waals surface area contributed by atoms with Gasteiger partial charge in [0.05, 0.1) is 24.6 Å². The fraction of sp³-hybridized carbons (Fsp3) is 0.550. The molecule has 11 heteroatoms. The van der Waals surface area contributed by atoms with Gasteiger partial charge in [-0.3, -0.25) is 19.3 Å². The number of carbonyl (C=O) groups excluding carboxylic acids is 3. The first-order chi connectivity index (χ1) is 14.7. The maximum atomic E-state index is 13.7. The van der Waals surface area contributed by atoms with Gasteiger partial charge in [-0.05, 0) is 24.1 Å². The smallest absolute Gasteiger partial charge is 0.231 e. The maximum absolute atomic E-state index is 13.7. The van der Waals surface area contributed by atoms with Crippen LogP contribution in [0.15, 0.2) is 18.2 Å². The van der Waals surface area contributed by atoms with Crippen LogP contribution in [0.1, 0.15) is 12.0 Å². The molecule has 3 rings (SSSR count). The SMILES string of the molecule is NC(=O)CN1CCN[C@@H]([C@@H](O)[C@H](Cc2cc(F)cc(F)c2)NC(=O)[C@@H]2CNC(=O)C2)C1. The Morgan fingerprint density at radius 3 is 2.61 bits per heavy atom. The Balaban J connectivity index is 1.75. The standard InChI is InChI=1S/C20H27F2N5O4/c21-13-3-11(4-14(22)7-13)5-15(26-20(31)12-6-18(29)25-8-12)19(30)16-9-27(2-1-24-16)10-17(23)28/h3-4,7,12,15-16,19,24,30H,1-2,5-6,8-10H2,(H2,23,28)(H,25,29)(H,26,31)/t12-,15-,16+,19-/m0/s1. The van der Waals surface area contributed by atoms with Gasteiger partial charge in [-0.15, -0.1) is 0 Å². The van der Waals surface area contributed by atoms with Crippen LogP contribution in [0.25, 0.3) is 0 Å². The van der Waals surface area contributed by atoms with Gasteiger partial charge in [-0.25, -0.2) is 8.78 Å². The number of hydrogen-bond acceptors (Lipinski definition) is 6. The molecule has 2 heterocycles. The molecule has 0 spiro atoms. The molecule has 3 amide bonds. The molecule has 0 bridgehead atoms. The highest BCUT2D eigenvalue weighted by Gasteiger charge is 2.35. The minimum Gasteiger partial charge on any atom is -0.389 e. The van der Waals surface area contributed by atoms with E-state index in [1.165, 1.54) is 0 Å². The number of piperazine rings is 1. The summed E-state index contributed by atoms with van der Waals surface area (Å²) in [7, 11) is 0. The number of halogens is 2. The van der Waals surface area contributed by atoms with E-state index in [0.717, 1.165) is 18.2 Å². The molecule has 2 aliphatic heterocycles. The number of rotatable bonds is 8. The number of hydrogen-bond donors (Lipinski definition) is 5. The van der Waals surface area contributed by atoms with Gasteiger partial charge in [0, 0.05) is 44.7 Å². The zero-order valence-electron chi connectivity index (χ0n) is 16.9. The number of nitrogens with one attached hydrogen (secondary N) is 3. The number of aliphatic hydroxyl groups excluding tert-OH is 1. The average molecular weight is 439 g/mol. The largest absolute Gasteiger partial charge is 0.389 e. The molecule has 2 aliphatic rings. The van der Waals surface area contributed by atoms with Gasteiger partial charge in [0.25, 0.3) is 0 Å². The lowest BCUT2D eigenvalue weighted by atomic mass is 9.94. The highest BCUT2D eigenvalue weighted by molar-refractivity contribution is 5.89. The summed E-state index contributed by atoms with van der Waals surface area (Å²) in [5.74, 6) is -3.26. The molecule has 9 nitrogen and oxygen atoms in total. The normalized spacial score (nSPS) is 23.8. The topological polar surface area (TPSA) is 137 Å². The molecule has 1 aromatic rings. The van der Waals surface area contributed by atoms with Crippen molar-refractivity contribution < 1.29 is 28.3 Å². The molecule has 0 saturated carbocycles. The maximum Gasteiger partial charge on any atom is 0.231 e. The van der Waals surface area contributed by atoms with E-state index in [9.17, 15) is 28.3 Å². The van der Waals surface area contributed by atoms with E-state index >= 15 is 0 Å². The second-order valence-electron chi connectivity index (χ2n) is 8.05. The predicted octanol–water partition coefficient (Wildman–Crippen LogP) is -1.75. The minimum atomic E-state index is -1.13. The average Bonchev–Trinajstić information content (AvgIpc) is 3.12. The van der Waals surface area contributed by atoms with E-state index in [1.54, 1.807) is 4.90 Å². The van der Waals surface area contributed by atoms with Crippen molar-refractivity contribution in [2.75, 3.05) is 32.7 Å². The van der Waals surface area contributed by atoms with Crippen LogP contribution >= 0.6 is 0 Å². The van der Waals surface area contributed by atoms with E-state index in [2.05, 4.69) is 16.0 Å². The number of nitrogens with two attached hydrogens (primary N) is 1. The van der Waals surface area contributed by atoms with Gasteiger partial charge < -0.3 is 26.8 Å². The summed E-state index contributed by atoms with van der Waals surface area (Å²) in [6.07, 6.45) is -1.11. The number of nitrogens with zero attached hydrogens (tertiary/aromatic N) is 1. The van der Waals surface area contributed by atoms with Crippen molar-refractivity contribution in [2.45, 2.75) is 31.0 Å². The van der Waals surface area contributed by atoms with Crippen LogP contribution in [-0.2, 0) is 20.8 Å². The third-order valence-corrected chi connectivity index (χ3v) is 5.55. The van der Waals surface area contributed by atoms with Crippen molar-refractivity contribution in [3.05, 3.63) is 35.4 Å². The summed E-state index contributed by atoms with van der Waals surface area (Å²) < 4.78 is 27.3. The zero-order chi connectivity index (χ0) is 22.5. The summed E-state index contributed by atoms with van der Waals surface area (Å²) in [6, 6.07) is 1.64. The third-order valence-electron chi connectivity index (χ3n) is 5.55. The van der Waals surface area contributed by atoms with Crippen LogP contribution in [0, 0.1) is 17.6 Å². The summed E-state index contributed by atoms with van der Waals surface area (Å²) in [5.41, 5.74) is 5.53. The van der Waals surface area contributed by atoms with Crippen molar-refractivity contribution in [1.82, 2.24) is 20.9 Å². The van der Waals surface area contributed by atoms with E-state index < -0.39 is 47.6 Å². The summed E-state index contributed by atoms with van der Waals surface area (Å²) in [5, 5.41) is 19.5. The number of amides is 3. The van der Waals surface area contributed by atoms with Crippen molar-refractivity contribution in [3.63, 3.8) is 0 Å². The molecule has 0 aromatic heterocycles. The molecule has 6 N–H and O–H groups in total. The molecule has 0 aliphatic carbocycles. The van der Waals surface area contributed by atoms with Gasteiger partial charge in [-0.2, -0.15) is 0 Å². The highest BCUT2D eigenvalue weighted by Crippen LogP contribution is 2.16. The monoisotopic (exact) mass is 439 g/mol. The van der Waals surface area contributed by atoms with E-state index in [0.29, 0.717) is 19.6 Å². The van der Waals surface area contributed by atoms with Crippen molar-refractivity contribution in [1.29, 1.82) is 0 Å². The second-order valence-corrected chi connectivity index (χ2v) is 8.05. The van der Waals surface area contributed by atoms with Crippen LogP contribution in [0.3, 0.4) is 0 Å². The molecular weight excluding hydrogens is 412 g/mol. The fourth-order valence-corrected chi connectivity index (χ4v) is 4.05. The summed E-state index contributed by atoms with van der Waals surface area (Å²) >= 11 is 0. The molecule has 0 unspecified atom stereocenters. The first-order valence-corrected chi connectivity index (χ1v) is 10.2. The van der Waals surface area contributed by atoms with Crippen LogP contribution < -0.4 is 21.7 Å². The number of primary amides is 1. The predicted molar refractivity (Wildman–Crippen MR) is 107 cm³/mol. The first kappa shape index (κ1) is 23.0. The van der Waals surface area contributed by atoms with Gasteiger partial charge in [-0.1, -0.05) is 0 Å². The fourth-order valence-electron chi connectivity index (χ4n) is 4.05. The minimum absolute atomic E-state index is 0.0241. The molecule has 170 valence electrons. The Bertz CT molecular complexity index is 820.